The molecule has 1 aliphatic rings. The van der Waals surface area contributed by atoms with Crippen molar-refractivity contribution in [1.82, 2.24) is 0 Å². The van der Waals surface area contributed by atoms with E-state index >= 15 is 0 Å². The summed E-state index contributed by atoms with van der Waals surface area (Å²) < 4.78 is 6.12. The molecule has 1 aromatic carbocycles. The fourth-order valence-corrected chi connectivity index (χ4v) is 2.50. The van der Waals surface area contributed by atoms with Gasteiger partial charge in [-0.05, 0) is 49.9 Å². The topological polar surface area (TPSA) is 38.5 Å². The van der Waals surface area contributed by atoms with Crippen LogP contribution < -0.4 is 15.4 Å². The highest BCUT2D eigenvalue weighted by Gasteiger charge is 2.27. The Morgan fingerprint density at radius 1 is 1.37 bits per heavy atom. The summed E-state index contributed by atoms with van der Waals surface area (Å²) in [6.07, 6.45) is 2.52. The van der Waals surface area contributed by atoms with Crippen LogP contribution in [0.1, 0.15) is 32.3 Å². The Bertz CT molecular complexity index is 417. The van der Waals surface area contributed by atoms with E-state index in [2.05, 4.69) is 43.9 Å². The van der Waals surface area contributed by atoms with Gasteiger partial charge in [-0.15, -0.1) is 0 Å². The van der Waals surface area contributed by atoms with Gasteiger partial charge in [0.15, 0.2) is 0 Å². The first-order chi connectivity index (χ1) is 9.11. The van der Waals surface area contributed by atoms with Gasteiger partial charge in [-0.1, -0.05) is 19.9 Å². The smallest absolute Gasteiger partial charge is 0.143 e. The lowest BCUT2D eigenvalue weighted by Crippen LogP contribution is -2.43. The summed E-state index contributed by atoms with van der Waals surface area (Å²) in [6, 6.07) is 6.46. The molecule has 1 aromatic rings. The molecule has 0 fully saturated rings. The fraction of sp³-hybridized carbons (Fsp3) is 0.625. The number of nitrogens with two attached hydrogens (primary N) is 1. The van der Waals surface area contributed by atoms with Gasteiger partial charge in [0.1, 0.15) is 11.9 Å². The summed E-state index contributed by atoms with van der Waals surface area (Å²) in [4.78, 5) is 2.46. The average molecular weight is 262 g/mol. The van der Waals surface area contributed by atoms with Crippen molar-refractivity contribution >= 4 is 5.69 Å². The zero-order chi connectivity index (χ0) is 13.8. The van der Waals surface area contributed by atoms with Crippen LogP contribution in [0.3, 0.4) is 0 Å². The van der Waals surface area contributed by atoms with Crippen LogP contribution in [0, 0.1) is 12.8 Å². The molecule has 1 unspecified atom stereocenters. The lowest BCUT2D eigenvalue weighted by atomic mass is 10.0. The van der Waals surface area contributed by atoms with E-state index in [0.717, 1.165) is 38.2 Å². The molecule has 106 valence electrons. The van der Waals surface area contributed by atoms with Crippen LogP contribution in [0.5, 0.6) is 5.75 Å². The van der Waals surface area contributed by atoms with Gasteiger partial charge in [-0.25, -0.2) is 0 Å². The van der Waals surface area contributed by atoms with E-state index in [1.54, 1.807) is 0 Å². The summed E-state index contributed by atoms with van der Waals surface area (Å²) in [7, 11) is 0. The third-order valence-electron chi connectivity index (χ3n) is 3.76. The van der Waals surface area contributed by atoms with Crippen LogP contribution in [-0.2, 0) is 0 Å². The van der Waals surface area contributed by atoms with Crippen molar-refractivity contribution in [2.75, 3.05) is 24.5 Å². The van der Waals surface area contributed by atoms with Gasteiger partial charge in [-0.3, -0.25) is 0 Å². The van der Waals surface area contributed by atoms with Crippen molar-refractivity contribution in [3.8, 4) is 5.75 Å². The highest BCUT2D eigenvalue weighted by atomic mass is 16.5. The van der Waals surface area contributed by atoms with Gasteiger partial charge in [0.25, 0.3) is 0 Å². The monoisotopic (exact) mass is 262 g/mol. The first-order valence-corrected chi connectivity index (χ1v) is 7.34. The van der Waals surface area contributed by atoms with E-state index < -0.39 is 0 Å². The van der Waals surface area contributed by atoms with Crippen LogP contribution in [0.2, 0.25) is 0 Å². The molecule has 19 heavy (non-hydrogen) atoms. The van der Waals surface area contributed by atoms with Gasteiger partial charge >= 0.3 is 0 Å². The molecule has 0 radical (unpaired) electrons. The second-order valence-electron chi connectivity index (χ2n) is 5.81. The van der Waals surface area contributed by atoms with Gasteiger partial charge in [-0.2, -0.15) is 0 Å². The number of rotatable bonds is 5. The maximum atomic E-state index is 6.12. The van der Waals surface area contributed by atoms with E-state index in [-0.39, 0.29) is 6.10 Å². The van der Waals surface area contributed by atoms with Crippen molar-refractivity contribution in [3.63, 3.8) is 0 Å². The summed E-state index contributed by atoms with van der Waals surface area (Å²) in [5.41, 5.74) is 8.13. The number of unbranched alkanes of at least 4 members (excludes halogenated alkanes) is 1. The predicted octanol–water partition coefficient (Wildman–Crippen LogP) is 2.96. The molecule has 0 amide bonds. The average Bonchev–Trinajstić information content (AvgIpc) is 2.39. The van der Waals surface area contributed by atoms with Crippen molar-refractivity contribution in [1.29, 1.82) is 0 Å². The van der Waals surface area contributed by atoms with Crippen LogP contribution in [0.25, 0.3) is 0 Å². The van der Waals surface area contributed by atoms with Crippen molar-refractivity contribution in [2.45, 2.75) is 39.7 Å². The largest absolute Gasteiger partial charge is 0.486 e. The first kappa shape index (κ1) is 14.2. The Kier molecular flexibility index (Phi) is 4.70. The number of hydrogen-bond acceptors (Lipinski definition) is 3. The Morgan fingerprint density at radius 2 is 2.16 bits per heavy atom. The predicted molar refractivity (Wildman–Crippen MR) is 80.9 cm³/mol. The second kappa shape index (κ2) is 6.29. The zero-order valence-corrected chi connectivity index (χ0v) is 12.4. The van der Waals surface area contributed by atoms with Crippen LogP contribution in [-0.4, -0.2) is 25.7 Å². The molecule has 0 aliphatic carbocycles. The minimum absolute atomic E-state index is 0.285. The quantitative estimate of drug-likeness (QED) is 0.829. The molecule has 0 saturated heterocycles. The molecule has 0 bridgehead atoms. The molecule has 2 rings (SSSR count). The normalized spacial score (nSPS) is 18.4. The van der Waals surface area contributed by atoms with Crippen LogP contribution in [0.4, 0.5) is 5.69 Å². The van der Waals surface area contributed by atoms with E-state index in [4.69, 9.17) is 10.5 Å². The number of ether oxygens (including phenoxy) is 1. The summed E-state index contributed by atoms with van der Waals surface area (Å²) in [6.45, 7) is 9.41. The lowest BCUT2D eigenvalue weighted by molar-refractivity contribution is 0.145. The lowest BCUT2D eigenvalue weighted by Gasteiger charge is -2.38. The molecule has 2 N–H and O–H groups in total. The van der Waals surface area contributed by atoms with E-state index in [1.807, 2.05) is 0 Å². The molecule has 0 spiro atoms. The third kappa shape index (κ3) is 3.41. The minimum Gasteiger partial charge on any atom is -0.486 e. The number of aryl methyl sites for hydroxylation is 1. The summed E-state index contributed by atoms with van der Waals surface area (Å²) in [5.74, 6) is 1.56. The maximum Gasteiger partial charge on any atom is 0.143 e. The highest BCUT2D eigenvalue weighted by Crippen LogP contribution is 2.35. The zero-order valence-electron chi connectivity index (χ0n) is 12.4. The van der Waals surface area contributed by atoms with Gasteiger partial charge < -0.3 is 15.4 Å². The molecule has 1 aliphatic heterocycles. The molecule has 0 aromatic heterocycles. The summed E-state index contributed by atoms with van der Waals surface area (Å²) >= 11 is 0. The van der Waals surface area contributed by atoms with Crippen molar-refractivity contribution in [3.05, 3.63) is 23.8 Å². The SMILES string of the molecule is Cc1ccc2c(c1)N(CCCCN)CC(C(C)C)O2. The molecule has 3 heteroatoms. The number of fused-ring (bicyclic) bond motifs is 1. The third-order valence-corrected chi connectivity index (χ3v) is 3.76. The van der Waals surface area contributed by atoms with E-state index in [9.17, 15) is 0 Å². The molecule has 3 nitrogen and oxygen atoms in total. The number of benzene rings is 1. The van der Waals surface area contributed by atoms with Crippen molar-refractivity contribution < 1.29 is 4.74 Å². The van der Waals surface area contributed by atoms with E-state index in [0.29, 0.717) is 5.92 Å². The number of anilines is 1. The Balaban J connectivity index is 2.18. The molecular formula is C16H26N2O. The van der Waals surface area contributed by atoms with Gasteiger partial charge in [0, 0.05) is 6.54 Å². The second-order valence-corrected chi connectivity index (χ2v) is 5.81. The standard InChI is InChI=1S/C16H26N2O/c1-12(2)16-11-18(9-5-4-8-17)14-10-13(3)6-7-15(14)19-16/h6-7,10,12,16H,4-5,8-9,11,17H2,1-3H3. The maximum absolute atomic E-state index is 6.12. The Hall–Kier alpha value is -1.22. The van der Waals surface area contributed by atoms with Crippen LogP contribution >= 0.6 is 0 Å². The fourth-order valence-electron chi connectivity index (χ4n) is 2.50. The number of hydrogen-bond donors (Lipinski definition) is 1. The Morgan fingerprint density at radius 3 is 2.84 bits per heavy atom. The molecule has 1 heterocycles. The van der Waals surface area contributed by atoms with Crippen LogP contribution in [0.15, 0.2) is 18.2 Å². The van der Waals surface area contributed by atoms with Crippen molar-refractivity contribution in [2.24, 2.45) is 11.7 Å². The Labute approximate surface area is 116 Å². The summed E-state index contributed by atoms with van der Waals surface area (Å²) in [5, 5.41) is 0. The number of nitrogens with zero attached hydrogens (tertiary/aromatic N) is 1. The minimum atomic E-state index is 0.285. The first-order valence-electron chi connectivity index (χ1n) is 7.34. The van der Waals surface area contributed by atoms with Gasteiger partial charge in [0.2, 0.25) is 0 Å². The molecular weight excluding hydrogens is 236 g/mol. The van der Waals surface area contributed by atoms with Gasteiger partial charge in [0.05, 0.1) is 12.2 Å². The molecule has 1 atom stereocenters. The molecule has 0 saturated carbocycles. The highest BCUT2D eigenvalue weighted by molar-refractivity contribution is 5.61. The van der Waals surface area contributed by atoms with E-state index in [1.165, 1.54) is 11.3 Å².